The summed E-state index contributed by atoms with van der Waals surface area (Å²) in [6.07, 6.45) is 1.07. The molecule has 15 heavy (non-hydrogen) atoms. The zero-order valence-corrected chi connectivity index (χ0v) is 8.75. The number of hydrogen-bond acceptors (Lipinski definition) is 5. The van der Waals surface area contributed by atoms with Crippen molar-refractivity contribution >= 4 is 11.9 Å². The summed E-state index contributed by atoms with van der Waals surface area (Å²) in [6, 6.07) is 0. The predicted octanol–water partition coefficient (Wildman–Crippen LogP) is 0.382. The van der Waals surface area contributed by atoms with E-state index in [4.69, 9.17) is 0 Å². The van der Waals surface area contributed by atoms with Gasteiger partial charge in [0.25, 0.3) is 0 Å². The highest BCUT2D eigenvalue weighted by Crippen LogP contribution is 1.89. The van der Waals surface area contributed by atoms with Gasteiger partial charge in [-0.05, 0) is 6.92 Å². The van der Waals surface area contributed by atoms with Gasteiger partial charge in [0.2, 0.25) is 0 Å². The van der Waals surface area contributed by atoms with Crippen molar-refractivity contribution in [3.05, 3.63) is 24.9 Å². The van der Waals surface area contributed by atoms with Gasteiger partial charge in [0, 0.05) is 12.6 Å². The molecule has 0 rings (SSSR count). The maximum atomic E-state index is 11.0. The molecule has 0 radical (unpaired) electrons. The van der Waals surface area contributed by atoms with Crippen LogP contribution in [-0.2, 0) is 19.1 Å². The highest BCUT2D eigenvalue weighted by atomic mass is 16.5. The number of rotatable bonds is 7. The fourth-order valence-electron chi connectivity index (χ4n) is 0.703. The van der Waals surface area contributed by atoms with Crippen molar-refractivity contribution in [1.29, 1.82) is 0 Å². The summed E-state index contributed by atoms with van der Waals surface area (Å²) in [6.45, 7) is 9.15. The first-order chi connectivity index (χ1) is 7.11. The summed E-state index contributed by atoms with van der Waals surface area (Å²) in [5, 5.41) is 2.67. The van der Waals surface area contributed by atoms with Gasteiger partial charge in [-0.1, -0.05) is 13.2 Å². The first kappa shape index (κ1) is 13.2. The smallest absolute Gasteiger partial charge is 0.353 e. The minimum atomic E-state index is -0.507. The van der Waals surface area contributed by atoms with E-state index >= 15 is 0 Å². The Morgan fingerprint density at radius 2 is 2.07 bits per heavy atom. The lowest BCUT2D eigenvalue weighted by molar-refractivity contribution is -0.138. The van der Waals surface area contributed by atoms with Crippen LogP contribution >= 0.6 is 0 Å². The van der Waals surface area contributed by atoms with E-state index in [-0.39, 0.29) is 12.3 Å². The average molecular weight is 213 g/mol. The molecule has 0 spiro atoms. The molecule has 0 aliphatic carbocycles. The predicted molar refractivity (Wildman–Crippen MR) is 54.9 cm³/mol. The second-order valence-corrected chi connectivity index (χ2v) is 2.50. The molecule has 0 bridgehead atoms. The molecule has 0 saturated carbocycles. The average Bonchev–Trinajstić information content (AvgIpc) is 2.23. The minimum Gasteiger partial charge on any atom is -0.461 e. The van der Waals surface area contributed by atoms with E-state index in [2.05, 4.69) is 27.9 Å². The van der Waals surface area contributed by atoms with Crippen molar-refractivity contribution in [2.45, 2.75) is 6.92 Å². The van der Waals surface area contributed by atoms with Gasteiger partial charge < -0.3 is 14.8 Å². The van der Waals surface area contributed by atoms with Crippen molar-refractivity contribution in [2.24, 2.45) is 0 Å². The van der Waals surface area contributed by atoms with E-state index < -0.39 is 11.9 Å². The molecule has 0 heterocycles. The van der Waals surface area contributed by atoms with E-state index in [1.54, 1.807) is 6.92 Å². The third kappa shape index (κ3) is 6.31. The highest BCUT2D eigenvalue weighted by Gasteiger charge is 2.06. The fraction of sp³-hybridized carbons (Fsp3) is 0.400. The molecule has 0 aliphatic rings. The molecule has 5 nitrogen and oxygen atoms in total. The Kier molecular flexibility index (Phi) is 6.70. The van der Waals surface area contributed by atoms with Crippen molar-refractivity contribution in [1.82, 2.24) is 5.32 Å². The Balaban J connectivity index is 3.59. The SMILES string of the molecule is C=CC(=O)OCCNC(=C)C(=O)OCC. The number of hydrogen-bond donors (Lipinski definition) is 1. The Morgan fingerprint density at radius 3 is 2.60 bits per heavy atom. The van der Waals surface area contributed by atoms with E-state index in [9.17, 15) is 9.59 Å². The van der Waals surface area contributed by atoms with Gasteiger partial charge >= 0.3 is 11.9 Å². The van der Waals surface area contributed by atoms with E-state index in [1.165, 1.54) is 0 Å². The van der Waals surface area contributed by atoms with Crippen LogP contribution < -0.4 is 5.32 Å². The summed E-state index contributed by atoms with van der Waals surface area (Å²) in [5.41, 5.74) is 0.145. The lowest BCUT2D eigenvalue weighted by atomic mass is 10.5. The van der Waals surface area contributed by atoms with Crippen molar-refractivity contribution in [2.75, 3.05) is 19.8 Å². The van der Waals surface area contributed by atoms with Crippen molar-refractivity contribution in [3.63, 3.8) is 0 Å². The van der Waals surface area contributed by atoms with E-state index in [1.807, 2.05) is 0 Å². The molecule has 0 aromatic carbocycles. The molecule has 0 atom stereocenters. The standard InChI is InChI=1S/C10H15NO4/c1-4-9(12)15-7-6-11-8(3)10(13)14-5-2/h4,11H,1,3,5-7H2,2H3. The molecular weight excluding hydrogens is 198 g/mol. The molecular formula is C10H15NO4. The summed E-state index contributed by atoms with van der Waals surface area (Å²) in [5.74, 6) is -1.01. The summed E-state index contributed by atoms with van der Waals surface area (Å²) < 4.78 is 9.35. The van der Waals surface area contributed by atoms with E-state index in [0.29, 0.717) is 13.2 Å². The van der Waals surface area contributed by atoms with Crippen LogP contribution in [0.4, 0.5) is 0 Å². The molecule has 0 aliphatic heterocycles. The fourth-order valence-corrected chi connectivity index (χ4v) is 0.703. The molecule has 0 aromatic rings. The second kappa shape index (κ2) is 7.61. The van der Waals surface area contributed by atoms with Gasteiger partial charge in [0.1, 0.15) is 12.3 Å². The van der Waals surface area contributed by atoms with E-state index in [0.717, 1.165) is 6.08 Å². The summed E-state index contributed by atoms with van der Waals surface area (Å²) in [7, 11) is 0. The molecule has 0 fully saturated rings. The normalized spacial score (nSPS) is 8.87. The summed E-state index contributed by atoms with van der Waals surface area (Å²) >= 11 is 0. The Hall–Kier alpha value is -1.78. The van der Waals surface area contributed by atoms with Crippen LogP contribution in [0.2, 0.25) is 0 Å². The number of esters is 2. The van der Waals surface area contributed by atoms with Crippen molar-refractivity contribution in [3.8, 4) is 0 Å². The number of carbonyl (C=O) groups is 2. The number of nitrogens with one attached hydrogen (secondary N) is 1. The quantitative estimate of drug-likeness (QED) is 0.376. The van der Waals surface area contributed by atoms with Crippen LogP contribution in [0.3, 0.4) is 0 Å². The molecule has 5 heteroatoms. The minimum absolute atomic E-state index is 0.142. The van der Waals surface area contributed by atoms with Crippen molar-refractivity contribution < 1.29 is 19.1 Å². The van der Waals surface area contributed by atoms with Crippen LogP contribution in [0.5, 0.6) is 0 Å². The van der Waals surface area contributed by atoms with Crippen LogP contribution in [-0.4, -0.2) is 31.7 Å². The number of carbonyl (C=O) groups excluding carboxylic acids is 2. The largest absolute Gasteiger partial charge is 0.461 e. The van der Waals surface area contributed by atoms with Gasteiger partial charge in [-0.3, -0.25) is 0 Å². The Bertz CT molecular complexity index is 260. The topological polar surface area (TPSA) is 64.6 Å². The second-order valence-electron chi connectivity index (χ2n) is 2.50. The Morgan fingerprint density at radius 1 is 1.40 bits per heavy atom. The third-order valence-electron chi connectivity index (χ3n) is 1.37. The van der Waals surface area contributed by atoms with Gasteiger partial charge in [-0.2, -0.15) is 0 Å². The third-order valence-corrected chi connectivity index (χ3v) is 1.37. The van der Waals surface area contributed by atoms with Crippen LogP contribution in [0.25, 0.3) is 0 Å². The first-order valence-electron chi connectivity index (χ1n) is 4.50. The van der Waals surface area contributed by atoms with Crippen LogP contribution in [0.15, 0.2) is 24.9 Å². The first-order valence-corrected chi connectivity index (χ1v) is 4.50. The Labute approximate surface area is 88.7 Å². The molecule has 0 unspecified atom stereocenters. The lowest BCUT2D eigenvalue weighted by Gasteiger charge is -2.08. The van der Waals surface area contributed by atoms with Gasteiger partial charge in [-0.15, -0.1) is 0 Å². The molecule has 0 aromatic heterocycles. The highest BCUT2D eigenvalue weighted by molar-refractivity contribution is 5.87. The van der Waals surface area contributed by atoms with Gasteiger partial charge in [-0.25, -0.2) is 9.59 Å². The van der Waals surface area contributed by atoms with Gasteiger partial charge in [0.05, 0.1) is 6.61 Å². The summed E-state index contributed by atoms with van der Waals surface area (Å²) in [4.78, 5) is 21.6. The monoisotopic (exact) mass is 213 g/mol. The lowest BCUT2D eigenvalue weighted by Crippen LogP contribution is -2.25. The maximum Gasteiger partial charge on any atom is 0.353 e. The molecule has 0 amide bonds. The van der Waals surface area contributed by atoms with Crippen LogP contribution in [0, 0.1) is 0 Å². The molecule has 1 N–H and O–H groups in total. The molecule has 0 saturated heterocycles. The van der Waals surface area contributed by atoms with Gasteiger partial charge in [0.15, 0.2) is 0 Å². The molecule has 84 valence electrons. The zero-order chi connectivity index (χ0) is 11.7. The van der Waals surface area contributed by atoms with Crippen LogP contribution in [0.1, 0.15) is 6.92 Å². The number of ether oxygens (including phenoxy) is 2. The zero-order valence-electron chi connectivity index (χ0n) is 8.75. The maximum absolute atomic E-state index is 11.0.